The first-order valence-electron chi connectivity index (χ1n) is 25.4. The van der Waals surface area contributed by atoms with Crippen molar-refractivity contribution in [3.63, 3.8) is 0 Å². The molecule has 6 heteroatoms. The molecule has 3 aromatic heterocycles. The van der Waals surface area contributed by atoms with Crippen molar-refractivity contribution in [3.8, 4) is 123 Å². The number of para-hydroxylation sites is 2. The van der Waals surface area contributed by atoms with E-state index in [-0.39, 0.29) is 20.1 Å². The van der Waals surface area contributed by atoms with Crippen LogP contribution in [0, 0.1) is 18.2 Å². The van der Waals surface area contributed by atoms with Gasteiger partial charge in [0.05, 0.1) is 12.4 Å². The quantitative estimate of drug-likeness (QED) is 0.115. The summed E-state index contributed by atoms with van der Waals surface area (Å²) >= 11 is 0. The van der Waals surface area contributed by atoms with E-state index in [4.69, 9.17) is 15.2 Å². The van der Waals surface area contributed by atoms with Gasteiger partial charge in [0.25, 0.3) is 0 Å². The van der Waals surface area contributed by atoms with Gasteiger partial charge in [-0.2, -0.15) is 58.7 Å². The summed E-state index contributed by atoms with van der Waals surface area (Å²) < 4.78 is 3.77. The fraction of sp³-hybridized carbons (Fsp3) is 0. The van der Waals surface area contributed by atoms with Crippen LogP contribution in [0.25, 0.3) is 123 Å². The van der Waals surface area contributed by atoms with E-state index in [1.807, 2.05) is 82.6 Å². The van der Waals surface area contributed by atoms with Crippen LogP contribution in [0.3, 0.4) is 0 Å². The Hall–Kier alpha value is -9.58. The van der Waals surface area contributed by atoms with Gasteiger partial charge in [0.15, 0.2) is 0 Å². The Bertz CT molecular complexity index is 4010. The second kappa shape index (κ2) is 21.7. The molecule has 13 aromatic rings. The summed E-state index contributed by atoms with van der Waals surface area (Å²) in [6, 6.07) is 97.3. The van der Waals surface area contributed by atoms with Crippen molar-refractivity contribution >= 4 is 0 Å². The van der Waals surface area contributed by atoms with Crippen LogP contribution in [-0.4, -0.2) is 24.5 Å². The number of nitrogens with zero attached hydrogens (tertiary/aromatic N) is 5. The summed E-state index contributed by atoms with van der Waals surface area (Å²) in [5.41, 5.74) is 23.4. The molecule has 0 bridgehead atoms. The second-order valence-corrected chi connectivity index (χ2v) is 18.7. The molecular formula is C71H46IrN5. The Morgan fingerprint density at radius 2 is 0.675 bits per heavy atom. The molecule has 0 radical (unpaired) electrons. The number of pyridine rings is 1. The molecule has 0 unspecified atom stereocenters. The van der Waals surface area contributed by atoms with Gasteiger partial charge < -0.3 is 4.98 Å². The zero-order valence-corrected chi connectivity index (χ0v) is 44.0. The van der Waals surface area contributed by atoms with Crippen LogP contribution in [-0.2, 0) is 20.1 Å². The number of hydrogen-bond donors (Lipinski definition) is 0. The fourth-order valence-corrected chi connectivity index (χ4v) is 10.2. The molecule has 3 heterocycles. The van der Waals surface area contributed by atoms with E-state index < -0.39 is 0 Å². The van der Waals surface area contributed by atoms with E-state index in [1.54, 1.807) is 0 Å². The number of hydrogen-bond acceptors (Lipinski definition) is 3. The van der Waals surface area contributed by atoms with Gasteiger partial charge in [0, 0.05) is 29.7 Å². The van der Waals surface area contributed by atoms with Crippen LogP contribution < -0.4 is 0 Å². The molecule has 13 rings (SSSR count). The molecule has 0 fully saturated rings. The van der Waals surface area contributed by atoms with Crippen molar-refractivity contribution in [3.05, 3.63) is 298 Å². The molecule has 5 nitrogen and oxygen atoms in total. The van der Waals surface area contributed by atoms with Crippen LogP contribution in [0.1, 0.15) is 0 Å². The van der Waals surface area contributed by atoms with Crippen molar-refractivity contribution < 1.29 is 20.1 Å². The maximum Gasteiger partial charge on any atom is 3.00 e. The van der Waals surface area contributed by atoms with Gasteiger partial charge in [-0.15, -0.1) is 47.5 Å². The molecule has 0 aliphatic rings. The molecule has 0 spiro atoms. The van der Waals surface area contributed by atoms with Crippen LogP contribution in [0.2, 0.25) is 0 Å². The minimum absolute atomic E-state index is 0. The summed E-state index contributed by atoms with van der Waals surface area (Å²) in [5, 5.41) is 9.55. The van der Waals surface area contributed by atoms with Gasteiger partial charge in [0.1, 0.15) is 0 Å². The van der Waals surface area contributed by atoms with Crippen LogP contribution in [0.4, 0.5) is 0 Å². The smallest absolute Gasteiger partial charge is 0.304 e. The predicted octanol–water partition coefficient (Wildman–Crippen LogP) is 17.5. The third-order valence-electron chi connectivity index (χ3n) is 14.0. The zero-order valence-electron chi connectivity index (χ0n) is 41.6. The van der Waals surface area contributed by atoms with Crippen LogP contribution in [0.15, 0.2) is 280 Å². The summed E-state index contributed by atoms with van der Waals surface area (Å²) in [5.74, 6) is 0. The fourth-order valence-electron chi connectivity index (χ4n) is 10.2. The van der Waals surface area contributed by atoms with E-state index in [2.05, 4.69) is 225 Å². The molecule has 0 atom stereocenters. The molecule has 0 aliphatic carbocycles. The molecular weight excluding hydrogens is 1120 g/mol. The van der Waals surface area contributed by atoms with Gasteiger partial charge >= 0.3 is 20.1 Å². The first kappa shape index (κ1) is 48.4. The Labute approximate surface area is 462 Å². The molecule has 0 aliphatic heterocycles. The monoisotopic (exact) mass is 1160 g/mol. The topological polar surface area (TPSA) is 48.5 Å². The van der Waals surface area contributed by atoms with E-state index in [1.165, 1.54) is 22.3 Å². The Morgan fingerprint density at radius 3 is 1.14 bits per heavy atom. The minimum atomic E-state index is 0. The largest absolute Gasteiger partial charge is 3.00 e. The predicted molar refractivity (Wildman–Crippen MR) is 309 cm³/mol. The maximum atomic E-state index is 5.10. The molecule has 0 N–H and O–H groups in total. The summed E-state index contributed by atoms with van der Waals surface area (Å²) in [6.45, 7) is 0. The molecule has 0 saturated carbocycles. The summed E-state index contributed by atoms with van der Waals surface area (Å²) in [6.07, 6.45) is 10.0. The van der Waals surface area contributed by atoms with Crippen LogP contribution in [0.5, 0.6) is 0 Å². The normalized spacial score (nSPS) is 11.0. The van der Waals surface area contributed by atoms with Crippen LogP contribution >= 0.6 is 0 Å². The van der Waals surface area contributed by atoms with Gasteiger partial charge in [-0.25, -0.2) is 0 Å². The van der Waals surface area contributed by atoms with Gasteiger partial charge in [-0.05, 0) is 125 Å². The Kier molecular flexibility index (Phi) is 13.6. The van der Waals surface area contributed by atoms with E-state index in [9.17, 15) is 0 Å². The van der Waals surface area contributed by atoms with Crippen molar-refractivity contribution in [2.45, 2.75) is 0 Å². The van der Waals surface area contributed by atoms with Gasteiger partial charge in [0.2, 0.25) is 0 Å². The molecule has 364 valence electrons. The molecule has 10 aromatic carbocycles. The Balaban J connectivity index is 0.00000596. The second-order valence-electron chi connectivity index (χ2n) is 18.7. The van der Waals surface area contributed by atoms with Crippen molar-refractivity contribution in [2.24, 2.45) is 0 Å². The number of benzene rings is 10. The Morgan fingerprint density at radius 1 is 0.273 bits per heavy atom. The number of rotatable bonds is 12. The summed E-state index contributed by atoms with van der Waals surface area (Å²) in [4.78, 5) is 5.10. The van der Waals surface area contributed by atoms with E-state index >= 15 is 0 Å². The average Bonchev–Trinajstić information content (AvgIpc) is 4.23. The molecule has 77 heavy (non-hydrogen) atoms. The average molecular weight is 1160 g/mol. The minimum Gasteiger partial charge on any atom is -0.304 e. The first-order chi connectivity index (χ1) is 37.6. The summed E-state index contributed by atoms with van der Waals surface area (Å²) in [7, 11) is 0. The maximum absolute atomic E-state index is 5.10. The van der Waals surface area contributed by atoms with E-state index in [0.717, 1.165) is 101 Å². The zero-order chi connectivity index (χ0) is 50.6. The molecule has 0 saturated heterocycles. The van der Waals surface area contributed by atoms with Crippen molar-refractivity contribution in [1.29, 1.82) is 0 Å². The SMILES string of the molecule is [Ir+3].[c-]1ccc(-c2ccc(-c3cccc(-c4ccccc4)c3)cc2)cc1-c1ccc(-c2ccccc2-c2cc(-c3ccccc3-c3cnn(-c4[c-]cccc4)c3)cc(-c3ccccc3-c3cnn(-c4[c-]cccc4)c3)c2)cn1. The first-order valence-corrected chi connectivity index (χ1v) is 25.4. The van der Waals surface area contributed by atoms with Gasteiger partial charge in [-0.3, -0.25) is 9.36 Å². The standard InChI is InChI=1S/C71H46N5.Ir/c1-4-18-50(19-5-1)53-20-16-21-54(40-53)51-34-36-52(37-35-51)55-22-17-23-56(41-55)71-39-38-57(45-72-71)65-28-10-11-29-66(65)58-42-59(67-30-12-14-32-69(67)61-46-73-75(48-61)63-24-6-2-7-25-63)44-60(43-58)68-31-13-15-33-70(68)62-47-74-76(49-62)64-26-8-3-9-27-64;/h1-22,24,26,28-49H;/q-3;+3. The van der Waals surface area contributed by atoms with Gasteiger partial charge in [-0.1, -0.05) is 158 Å². The van der Waals surface area contributed by atoms with Crippen molar-refractivity contribution in [1.82, 2.24) is 24.5 Å². The van der Waals surface area contributed by atoms with Crippen molar-refractivity contribution in [2.75, 3.05) is 0 Å². The third kappa shape index (κ3) is 10.1. The third-order valence-corrected chi connectivity index (χ3v) is 14.0. The number of aromatic nitrogens is 5. The molecule has 0 amide bonds. The van der Waals surface area contributed by atoms with E-state index in [0.29, 0.717) is 0 Å².